The Morgan fingerprint density at radius 2 is 1.88 bits per heavy atom. The first-order valence-electron chi connectivity index (χ1n) is 12.9. The largest absolute Gasteiger partial charge is 0.493 e. The van der Waals surface area contributed by atoms with Gasteiger partial charge in [-0.05, 0) is 56.2 Å². The van der Waals surface area contributed by atoms with Crippen molar-refractivity contribution in [3.05, 3.63) is 106 Å². The molecule has 5 rings (SSSR count). The monoisotopic (exact) mass is 589 g/mol. The van der Waals surface area contributed by atoms with Crippen LogP contribution in [-0.4, -0.2) is 36.3 Å². The van der Waals surface area contributed by atoms with Gasteiger partial charge in [-0.3, -0.25) is 19.5 Å². The fourth-order valence-electron chi connectivity index (χ4n) is 4.82. The Bertz CT molecular complexity index is 1930. The molecule has 42 heavy (non-hydrogen) atoms. The van der Waals surface area contributed by atoms with Crippen LogP contribution in [0.4, 0.5) is 5.69 Å². The van der Waals surface area contributed by atoms with Crippen molar-refractivity contribution in [2.75, 3.05) is 20.8 Å². The number of benzene rings is 2. The Labute approximate surface area is 243 Å². The van der Waals surface area contributed by atoms with E-state index in [0.717, 1.165) is 16.9 Å². The van der Waals surface area contributed by atoms with Gasteiger partial charge in [-0.1, -0.05) is 23.5 Å². The predicted octanol–water partition coefficient (Wildman–Crippen LogP) is 4.29. The zero-order valence-electron chi connectivity index (χ0n) is 23.5. The molecule has 0 N–H and O–H groups in total. The molecule has 1 aliphatic heterocycles. The smallest absolute Gasteiger partial charge is 0.338 e. The van der Waals surface area contributed by atoms with E-state index in [9.17, 15) is 19.7 Å². The maximum absolute atomic E-state index is 13.9. The molecule has 0 bridgehead atoms. The van der Waals surface area contributed by atoms with Gasteiger partial charge in [0.2, 0.25) is 0 Å². The van der Waals surface area contributed by atoms with Gasteiger partial charge < -0.3 is 18.6 Å². The first kappa shape index (κ1) is 28.6. The van der Waals surface area contributed by atoms with Gasteiger partial charge in [0.15, 0.2) is 16.3 Å². The number of esters is 1. The summed E-state index contributed by atoms with van der Waals surface area (Å²) in [6.07, 6.45) is 1.59. The van der Waals surface area contributed by atoms with E-state index < -0.39 is 16.9 Å². The predicted molar refractivity (Wildman–Crippen MR) is 155 cm³/mol. The number of rotatable bonds is 8. The lowest BCUT2D eigenvalue weighted by molar-refractivity contribution is -0.384. The molecule has 0 unspecified atom stereocenters. The molecule has 4 aromatic rings. The van der Waals surface area contributed by atoms with E-state index in [1.807, 2.05) is 6.92 Å². The molecular weight excluding hydrogens is 562 g/mol. The molecule has 0 fully saturated rings. The fourth-order valence-corrected chi connectivity index (χ4v) is 5.85. The topological polar surface area (TPSA) is 135 Å². The molecule has 0 amide bonds. The highest BCUT2D eigenvalue weighted by molar-refractivity contribution is 7.07. The Balaban J connectivity index is 1.65. The number of hydrogen-bond donors (Lipinski definition) is 0. The average molecular weight is 590 g/mol. The van der Waals surface area contributed by atoms with Crippen molar-refractivity contribution in [1.82, 2.24) is 4.57 Å². The van der Waals surface area contributed by atoms with Crippen LogP contribution in [0.3, 0.4) is 0 Å². The highest BCUT2D eigenvalue weighted by atomic mass is 32.1. The van der Waals surface area contributed by atoms with Crippen LogP contribution in [-0.2, 0) is 9.53 Å². The summed E-state index contributed by atoms with van der Waals surface area (Å²) < 4.78 is 24.0. The minimum atomic E-state index is -0.832. The van der Waals surface area contributed by atoms with Gasteiger partial charge in [0.05, 0.1) is 47.6 Å². The van der Waals surface area contributed by atoms with Crippen LogP contribution in [0, 0.1) is 17.0 Å². The van der Waals surface area contributed by atoms with E-state index in [1.165, 1.54) is 30.9 Å². The Morgan fingerprint density at radius 3 is 2.57 bits per heavy atom. The number of carbonyl (C=O) groups is 1. The molecule has 0 saturated carbocycles. The second-order valence-electron chi connectivity index (χ2n) is 9.38. The number of methoxy groups -OCH3 is 2. The molecule has 11 nitrogen and oxygen atoms in total. The first-order valence-corrected chi connectivity index (χ1v) is 13.7. The molecule has 1 atom stereocenters. The van der Waals surface area contributed by atoms with Crippen LogP contribution in [0.25, 0.3) is 17.4 Å². The summed E-state index contributed by atoms with van der Waals surface area (Å²) in [6.45, 7) is 5.40. The Morgan fingerprint density at radius 1 is 1.12 bits per heavy atom. The van der Waals surface area contributed by atoms with E-state index in [-0.39, 0.29) is 23.4 Å². The van der Waals surface area contributed by atoms with E-state index in [2.05, 4.69) is 4.99 Å². The fraction of sp³-hybridized carbons (Fsp3) is 0.233. The summed E-state index contributed by atoms with van der Waals surface area (Å²) in [4.78, 5) is 42.8. The van der Waals surface area contributed by atoms with Crippen LogP contribution in [0.5, 0.6) is 11.5 Å². The van der Waals surface area contributed by atoms with Gasteiger partial charge >= 0.3 is 5.97 Å². The molecule has 2 aromatic carbocycles. The Kier molecular flexibility index (Phi) is 7.81. The molecule has 3 heterocycles. The molecule has 0 aliphatic carbocycles. The number of nitrogens with zero attached hydrogens (tertiary/aromatic N) is 3. The first-order chi connectivity index (χ1) is 20.2. The van der Waals surface area contributed by atoms with Crippen LogP contribution in [0.2, 0.25) is 0 Å². The summed E-state index contributed by atoms with van der Waals surface area (Å²) >= 11 is 1.15. The van der Waals surface area contributed by atoms with Gasteiger partial charge in [0.25, 0.3) is 11.2 Å². The second kappa shape index (κ2) is 11.5. The molecule has 0 saturated heterocycles. The van der Waals surface area contributed by atoms with Crippen LogP contribution in [0.1, 0.15) is 36.8 Å². The standard InChI is InChI=1S/C30H27N3O8S/c1-6-40-29(35)26-17(3)31-30-32(27(26)18-8-11-23(38-4)24(13-18)39-5)28(34)25(42-30)15-20-10-12-22(41-20)21-14-19(33(36)37)9-7-16(21)2/h7-15,27H,6H2,1-5H3/b25-15-/t27-/m0/s1. The molecular formula is C30H27N3O8S. The van der Waals surface area contributed by atoms with Gasteiger partial charge in [0.1, 0.15) is 11.5 Å². The zero-order valence-corrected chi connectivity index (χ0v) is 24.3. The van der Waals surface area contributed by atoms with Crippen molar-refractivity contribution in [2.45, 2.75) is 26.8 Å². The number of aryl methyl sites for hydroxylation is 1. The lowest BCUT2D eigenvalue weighted by atomic mass is 9.95. The van der Waals surface area contributed by atoms with Crippen molar-refractivity contribution in [3.63, 3.8) is 0 Å². The summed E-state index contributed by atoms with van der Waals surface area (Å²) in [5, 5.41) is 11.3. The minimum Gasteiger partial charge on any atom is -0.493 e. The SMILES string of the molecule is CCOC(=O)C1=C(C)N=c2s/c(=C\c3ccc(-c4cc([N+](=O)[O-])ccc4C)o3)c(=O)n2[C@H]1c1ccc(OC)c(OC)c1. The molecule has 0 spiro atoms. The number of nitro benzene ring substituents is 1. The van der Waals surface area contributed by atoms with Crippen LogP contribution < -0.4 is 24.4 Å². The third kappa shape index (κ3) is 5.12. The molecule has 0 radical (unpaired) electrons. The third-order valence-corrected chi connectivity index (χ3v) is 7.82. The summed E-state index contributed by atoms with van der Waals surface area (Å²) in [5.41, 5.74) is 2.24. The number of fused-ring (bicyclic) bond motifs is 1. The van der Waals surface area contributed by atoms with Crippen molar-refractivity contribution in [3.8, 4) is 22.8 Å². The number of thiazole rings is 1. The average Bonchev–Trinajstić information content (AvgIpc) is 3.56. The quantitative estimate of drug-likeness (QED) is 0.169. The molecule has 1 aliphatic rings. The maximum atomic E-state index is 13.9. The number of ether oxygens (including phenoxy) is 3. The van der Waals surface area contributed by atoms with Crippen LogP contribution >= 0.6 is 11.3 Å². The molecule has 2 aromatic heterocycles. The minimum absolute atomic E-state index is 0.0511. The van der Waals surface area contributed by atoms with Gasteiger partial charge in [-0.15, -0.1) is 0 Å². The number of carbonyl (C=O) groups excluding carboxylic acids is 1. The van der Waals surface area contributed by atoms with Crippen LogP contribution in [0.15, 0.2) is 74.0 Å². The maximum Gasteiger partial charge on any atom is 0.338 e. The number of furan rings is 1. The summed E-state index contributed by atoms with van der Waals surface area (Å²) in [5.74, 6) is 1.18. The number of nitro groups is 1. The van der Waals surface area contributed by atoms with E-state index >= 15 is 0 Å². The highest BCUT2D eigenvalue weighted by Gasteiger charge is 2.34. The van der Waals surface area contributed by atoms with Crippen molar-refractivity contribution >= 4 is 29.1 Å². The van der Waals surface area contributed by atoms with Gasteiger partial charge in [-0.25, -0.2) is 9.79 Å². The summed E-state index contributed by atoms with van der Waals surface area (Å²) in [6, 6.07) is 12.3. The third-order valence-electron chi connectivity index (χ3n) is 6.84. The lowest BCUT2D eigenvalue weighted by Crippen LogP contribution is -2.39. The molecule has 216 valence electrons. The normalized spacial score (nSPS) is 14.8. The van der Waals surface area contributed by atoms with Crippen molar-refractivity contribution in [2.24, 2.45) is 4.99 Å². The van der Waals surface area contributed by atoms with E-state index in [0.29, 0.717) is 49.2 Å². The number of hydrogen-bond acceptors (Lipinski definition) is 10. The van der Waals surface area contributed by atoms with Gasteiger partial charge in [0, 0.05) is 23.8 Å². The van der Waals surface area contributed by atoms with Crippen molar-refractivity contribution in [1.29, 1.82) is 0 Å². The van der Waals surface area contributed by atoms with E-state index in [1.54, 1.807) is 56.3 Å². The van der Waals surface area contributed by atoms with Crippen molar-refractivity contribution < 1.29 is 28.3 Å². The molecule has 12 heteroatoms. The summed E-state index contributed by atoms with van der Waals surface area (Å²) in [7, 11) is 3.03. The number of aromatic nitrogens is 1. The Hall–Kier alpha value is -4.97. The van der Waals surface area contributed by atoms with E-state index in [4.69, 9.17) is 18.6 Å². The number of allylic oxidation sites excluding steroid dienone is 1. The lowest BCUT2D eigenvalue weighted by Gasteiger charge is -2.25. The zero-order chi connectivity index (χ0) is 30.1. The van der Waals surface area contributed by atoms with Gasteiger partial charge in [-0.2, -0.15) is 0 Å². The number of non-ortho nitro benzene ring substituents is 1. The second-order valence-corrected chi connectivity index (χ2v) is 10.4. The highest BCUT2D eigenvalue weighted by Crippen LogP contribution is 2.36.